The number of halogens is 2. The number of nitrogens with zero attached hydrogens (tertiary/aromatic N) is 5. The molecule has 4 rings (SSSR count). The van der Waals surface area contributed by atoms with Crippen LogP contribution in [0.4, 0.5) is 4.39 Å². The smallest absolute Gasteiger partial charge is 0.339 e. The summed E-state index contributed by atoms with van der Waals surface area (Å²) in [4.78, 5) is 54.4. The van der Waals surface area contributed by atoms with Gasteiger partial charge >= 0.3 is 5.69 Å². The highest BCUT2D eigenvalue weighted by atomic mass is 35.5. The molecule has 0 unspecified atom stereocenters. The van der Waals surface area contributed by atoms with E-state index in [1.165, 1.54) is 24.0 Å². The fourth-order valence-corrected chi connectivity index (χ4v) is 3.91. The van der Waals surface area contributed by atoms with Gasteiger partial charge in [0.25, 0.3) is 11.5 Å². The number of carbonyl (C=O) groups excluding carboxylic acids is 2. The SMILES string of the molecule is CC(=O)N1CCN(C(=O)c2nn(-c3ccc(F)cc3)c(=O)n(Cc3ccccc3Cl)c2=O)CC1. The van der Waals surface area contributed by atoms with Gasteiger partial charge in [-0.25, -0.2) is 9.18 Å². The van der Waals surface area contributed by atoms with Crippen molar-refractivity contribution >= 4 is 23.4 Å². The summed E-state index contributed by atoms with van der Waals surface area (Å²) in [6.45, 7) is 2.36. The molecule has 3 aromatic rings. The van der Waals surface area contributed by atoms with E-state index in [1.54, 1.807) is 29.2 Å². The number of rotatable bonds is 4. The molecule has 2 amide bonds. The first kappa shape index (κ1) is 23.4. The van der Waals surface area contributed by atoms with Gasteiger partial charge in [-0.3, -0.25) is 19.0 Å². The van der Waals surface area contributed by atoms with Gasteiger partial charge in [0, 0.05) is 38.1 Å². The largest absolute Gasteiger partial charge is 0.352 e. The van der Waals surface area contributed by atoms with Crippen LogP contribution in [0.25, 0.3) is 5.69 Å². The van der Waals surface area contributed by atoms with Gasteiger partial charge < -0.3 is 9.80 Å². The van der Waals surface area contributed by atoms with E-state index >= 15 is 0 Å². The third-order valence-corrected chi connectivity index (χ3v) is 6.00. The Balaban J connectivity index is 1.80. The topological polar surface area (TPSA) is 97.5 Å². The highest BCUT2D eigenvalue weighted by Gasteiger charge is 2.28. The maximum Gasteiger partial charge on any atom is 0.352 e. The van der Waals surface area contributed by atoms with Crippen LogP contribution in [0.3, 0.4) is 0 Å². The minimum Gasteiger partial charge on any atom is -0.339 e. The average molecular weight is 486 g/mol. The number of carbonyl (C=O) groups is 2. The number of benzene rings is 2. The van der Waals surface area contributed by atoms with Crippen molar-refractivity contribution in [1.29, 1.82) is 0 Å². The third-order valence-electron chi connectivity index (χ3n) is 5.63. The lowest BCUT2D eigenvalue weighted by molar-refractivity contribution is -0.130. The van der Waals surface area contributed by atoms with Crippen LogP contribution >= 0.6 is 11.6 Å². The van der Waals surface area contributed by atoms with Crippen molar-refractivity contribution in [2.75, 3.05) is 26.2 Å². The van der Waals surface area contributed by atoms with Crippen LogP contribution < -0.4 is 11.2 Å². The molecule has 0 radical (unpaired) electrons. The molecule has 1 aliphatic rings. The summed E-state index contributed by atoms with van der Waals surface area (Å²) in [6.07, 6.45) is 0. The Hall–Kier alpha value is -3.79. The van der Waals surface area contributed by atoms with Gasteiger partial charge in [-0.2, -0.15) is 9.78 Å². The van der Waals surface area contributed by atoms with Crippen molar-refractivity contribution in [3.63, 3.8) is 0 Å². The summed E-state index contributed by atoms with van der Waals surface area (Å²) in [5, 5.41) is 4.42. The van der Waals surface area contributed by atoms with Gasteiger partial charge in [-0.1, -0.05) is 29.8 Å². The minimum absolute atomic E-state index is 0.0998. The van der Waals surface area contributed by atoms with Gasteiger partial charge in [0.1, 0.15) is 5.82 Å². The van der Waals surface area contributed by atoms with E-state index in [4.69, 9.17) is 11.6 Å². The van der Waals surface area contributed by atoms with Gasteiger partial charge in [0.15, 0.2) is 0 Å². The number of hydrogen-bond donors (Lipinski definition) is 0. The molecule has 2 heterocycles. The Bertz CT molecular complexity index is 1360. The highest BCUT2D eigenvalue weighted by molar-refractivity contribution is 6.31. The molecule has 11 heteroatoms. The second-order valence-electron chi connectivity index (χ2n) is 7.80. The predicted octanol–water partition coefficient (Wildman–Crippen LogP) is 1.54. The number of hydrogen-bond acceptors (Lipinski definition) is 5. The van der Waals surface area contributed by atoms with E-state index < -0.39 is 28.7 Å². The van der Waals surface area contributed by atoms with Crippen molar-refractivity contribution in [3.05, 3.63) is 91.5 Å². The van der Waals surface area contributed by atoms with Gasteiger partial charge in [-0.05, 0) is 35.9 Å². The standard InChI is InChI=1S/C23H21ClFN5O4/c1-15(31)27-10-12-28(13-11-27)21(32)20-22(33)29(14-16-4-2-3-5-19(16)24)23(34)30(26-20)18-8-6-17(25)7-9-18/h2-9H,10-14H2,1H3. The van der Waals surface area contributed by atoms with Crippen molar-refractivity contribution in [3.8, 4) is 5.69 Å². The van der Waals surface area contributed by atoms with Crippen LogP contribution in [-0.4, -0.2) is 62.1 Å². The third kappa shape index (κ3) is 4.62. The summed E-state index contributed by atoms with van der Waals surface area (Å²) in [6, 6.07) is 11.7. The molecule has 1 aromatic heterocycles. The first-order valence-electron chi connectivity index (χ1n) is 10.5. The normalized spacial score (nSPS) is 13.7. The molecular formula is C23H21ClFN5O4. The molecule has 0 atom stereocenters. The molecule has 9 nitrogen and oxygen atoms in total. The fourth-order valence-electron chi connectivity index (χ4n) is 3.71. The molecule has 0 N–H and O–H groups in total. The lowest BCUT2D eigenvalue weighted by Crippen LogP contribution is -2.52. The van der Waals surface area contributed by atoms with Gasteiger partial charge in [0.05, 0.1) is 12.2 Å². The van der Waals surface area contributed by atoms with E-state index in [0.717, 1.165) is 21.4 Å². The van der Waals surface area contributed by atoms with Crippen LogP contribution in [0, 0.1) is 5.82 Å². The quantitative estimate of drug-likeness (QED) is 0.558. The van der Waals surface area contributed by atoms with Gasteiger partial charge in [0.2, 0.25) is 11.6 Å². The average Bonchev–Trinajstić information content (AvgIpc) is 2.83. The van der Waals surface area contributed by atoms with E-state index in [2.05, 4.69) is 5.10 Å². The van der Waals surface area contributed by atoms with Gasteiger partial charge in [-0.15, -0.1) is 0 Å². The van der Waals surface area contributed by atoms with Crippen molar-refractivity contribution in [1.82, 2.24) is 24.1 Å². The van der Waals surface area contributed by atoms with Crippen molar-refractivity contribution in [2.45, 2.75) is 13.5 Å². The van der Waals surface area contributed by atoms with E-state index in [0.29, 0.717) is 23.7 Å². The van der Waals surface area contributed by atoms with Crippen molar-refractivity contribution in [2.24, 2.45) is 0 Å². The number of aromatic nitrogens is 3. The second-order valence-corrected chi connectivity index (χ2v) is 8.21. The Morgan fingerprint density at radius 1 is 0.971 bits per heavy atom. The second kappa shape index (κ2) is 9.60. The molecule has 2 aromatic carbocycles. The molecule has 0 saturated carbocycles. The molecule has 0 bridgehead atoms. The Morgan fingerprint density at radius 2 is 1.59 bits per heavy atom. The first-order chi connectivity index (χ1) is 16.3. The summed E-state index contributed by atoms with van der Waals surface area (Å²) in [5.41, 5.74) is -1.41. The molecule has 1 aliphatic heterocycles. The molecule has 0 aliphatic carbocycles. The Morgan fingerprint density at radius 3 is 2.21 bits per heavy atom. The maximum atomic E-state index is 13.5. The zero-order chi connectivity index (χ0) is 24.4. The predicted molar refractivity (Wildman–Crippen MR) is 123 cm³/mol. The van der Waals surface area contributed by atoms with Crippen LogP contribution in [0.2, 0.25) is 5.02 Å². The lowest BCUT2D eigenvalue weighted by Gasteiger charge is -2.33. The zero-order valence-electron chi connectivity index (χ0n) is 18.3. The Labute approximate surface area is 198 Å². The molecule has 34 heavy (non-hydrogen) atoms. The summed E-state index contributed by atoms with van der Waals surface area (Å²) >= 11 is 6.23. The fraction of sp³-hybridized carbons (Fsp3) is 0.261. The minimum atomic E-state index is -0.859. The molecule has 1 fully saturated rings. The van der Waals surface area contributed by atoms with Crippen LogP contribution in [0.15, 0.2) is 58.1 Å². The lowest BCUT2D eigenvalue weighted by atomic mass is 10.2. The zero-order valence-corrected chi connectivity index (χ0v) is 19.0. The summed E-state index contributed by atoms with van der Waals surface area (Å²) in [5.74, 6) is -1.27. The van der Waals surface area contributed by atoms with Crippen LogP contribution in [0.1, 0.15) is 23.0 Å². The molecule has 176 valence electrons. The van der Waals surface area contributed by atoms with Crippen LogP contribution in [-0.2, 0) is 11.3 Å². The maximum absolute atomic E-state index is 13.5. The number of amides is 2. The number of piperazine rings is 1. The van der Waals surface area contributed by atoms with E-state index in [9.17, 15) is 23.6 Å². The summed E-state index contributed by atoms with van der Waals surface area (Å²) in [7, 11) is 0. The van der Waals surface area contributed by atoms with Crippen LogP contribution in [0.5, 0.6) is 0 Å². The summed E-state index contributed by atoms with van der Waals surface area (Å²) < 4.78 is 15.2. The van der Waals surface area contributed by atoms with E-state index in [1.807, 2.05) is 0 Å². The molecular weight excluding hydrogens is 465 g/mol. The molecule has 0 spiro atoms. The Kier molecular flexibility index (Phi) is 6.60. The first-order valence-corrected chi connectivity index (χ1v) is 10.9. The van der Waals surface area contributed by atoms with E-state index in [-0.39, 0.29) is 31.2 Å². The highest BCUT2D eigenvalue weighted by Crippen LogP contribution is 2.15. The van der Waals surface area contributed by atoms with Crippen molar-refractivity contribution < 1.29 is 14.0 Å². The molecule has 1 saturated heterocycles. The monoisotopic (exact) mass is 485 g/mol.